The highest BCUT2D eigenvalue weighted by atomic mass is 35.5. The molecule has 0 aliphatic carbocycles. The summed E-state index contributed by atoms with van der Waals surface area (Å²) in [5.41, 5.74) is 3.65. The molecule has 3 aromatic rings. The Labute approximate surface area is 166 Å². The van der Waals surface area contributed by atoms with Crippen molar-refractivity contribution in [2.45, 2.75) is 18.5 Å². The van der Waals surface area contributed by atoms with Crippen molar-refractivity contribution in [3.63, 3.8) is 0 Å². The van der Waals surface area contributed by atoms with Gasteiger partial charge in [-0.15, -0.1) is 11.6 Å². The first-order valence-corrected chi connectivity index (χ1v) is 9.71. The number of H-pyrrole nitrogens is 1. The molecule has 28 heavy (non-hydrogen) atoms. The van der Waals surface area contributed by atoms with E-state index in [1.165, 1.54) is 4.90 Å². The molecule has 1 fully saturated rings. The summed E-state index contributed by atoms with van der Waals surface area (Å²) in [6.07, 6.45) is 0.456. The predicted octanol–water partition coefficient (Wildman–Crippen LogP) is 3.39. The van der Waals surface area contributed by atoms with Crippen molar-refractivity contribution in [2.24, 2.45) is 0 Å². The van der Waals surface area contributed by atoms with Gasteiger partial charge < -0.3 is 10.1 Å². The van der Waals surface area contributed by atoms with E-state index in [0.717, 1.165) is 27.7 Å². The third kappa shape index (κ3) is 2.34. The Hall–Kier alpha value is -2.99. The number of nitrogens with zero attached hydrogens (tertiary/aromatic N) is 2. The lowest BCUT2D eigenvalue weighted by Gasteiger charge is -2.36. The number of aromatic hydroxyl groups is 1. The van der Waals surface area contributed by atoms with Crippen molar-refractivity contribution in [2.75, 3.05) is 12.4 Å². The van der Waals surface area contributed by atoms with Gasteiger partial charge in [0.05, 0.1) is 0 Å². The third-order valence-electron chi connectivity index (χ3n) is 5.63. The number of nitrogens with one attached hydrogen (secondary N) is 1. The number of carbonyl (C=O) groups is 2. The minimum Gasteiger partial charge on any atom is -0.508 e. The highest BCUT2D eigenvalue weighted by Gasteiger charge is 2.52. The number of hydrogen-bond donors (Lipinski definition) is 2. The highest BCUT2D eigenvalue weighted by Crippen LogP contribution is 2.44. The van der Waals surface area contributed by atoms with Crippen LogP contribution in [0.1, 0.15) is 22.9 Å². The maximum absolute atomic E-state index is 13.1. The maximum atomic E-state index is 13.1. The average Bonchev–Trinajstić information content (AvgIpc) is 3.18. The number of rotatable bonds is 3. The van der Waals surface area contributed by atoms with E-state index in [4.69, 9.17) is 11.6 Å². The zero-order chi connectivity index (χ0) is 19.4. The number of urea groups is 1. The van der Waals surface area contributed by atoms with Crippen LogP contribution in [-0.4, -0.2) is 50.3 Å². The quantitative estimate of drug-likeness (QED) is 0.527. The van der Waals surface area contributed by atoms with E-state index in [1.54, 1.807) is 23.1 Å². The summed E-state index contributed by atoms with van der Waals surface area (Å²) in [6, 6.07) is 13.4. The van der Waals surface area contributed by atoms with Crippen LogP contribution in [0, 0.1) is 0 Å². The van der Waals surface area contributed by atoms with Crippen molar-refractivity contribution >= 4 is 34.4 Å². The van der Waals surface area contributed by atoms with Crippen LogP contribution in [0.2, 0.25) is 0 Å². The highest BCUT2D eigenvalue weighted by molar-refractivity contribution is 6.18. The SMILES string of the molecule is O=C1[C@H]2Cc3c([nH]c4ccccc34)[C@@H](c3cccc(O)c3)N2C(=O)N1CCCl. The van der Waals surface area contributed by atoms with Gasteiger partial charge in [0.15, 0.2) is 0 Å². The van der Waals surface area contributed by atoms with Gasteiger partial charge in [-0.2, -0.15) is 0 Å². The number of aromatic nitrogens is 1. The number of phenolic OH excluding ortho intramolecular Hbond substituents is 1. The van der Waals surface area contributed by atoms with Gasteiger partial charge in [0.25, 0.3) is 5.91 Å². The number of amides is 3. The second-order valence-corrected chi connectivity index (χ2v) is 7.53. The van der Waals surface area contributed by atoms with E-state index in [0.29, 0.717) is 6.42 Å². The van der Waals surface area contributed by atoms with Gasteiger partial charge in [0.2, 0.25) is 0 Å². The van der Waals surface area contributed by atoms with Crippen LogP contribution in [0.25, 0.3) is 10.9 Å². The number of aromatic amines is 1. The number of imide groups is 1. The molecule has 3 heterocycles. The molecule has 2 aliphatic rings. The summed E-state index contributed by atoms with van der Waals surface area (Å²) in [7, 11) is 0. The van der Waals surface area contributed by atoms with Gasteiger partial charge >= 0.3 is 6.03 Å². The number of fused-ring (bicyclic) bond motifs is 4. The van der Waals surface area contributed by atoms with E-state index in [1.807, 2.05) is 30.3 Å². The Morgan fingerprint density at radius 1 is 1.14 bits per heavy atom. The van der Waals surface area contributed by atoms with Crippen LogP contribution in [0.4, 0.5) is 4.79 Å². The number of alkyl halides is 1. The lowest BCUT2D eigenvalue weighted by molar-refractivity contribution is -0.128. The largest absolute Gasteiger partial charge is 0.508 e. The van der Waals surface area contributed by atoms with Crippen LogP contribution in [-0.2, 0) is 11.2 Å². The van der Waals surface area contributed by atoms with Gasteiger partial charge in [-0.25, -0.2) is 4.79 Å². The molecule has 6 nitrogen and oxygen atoms in total. The Bertz CT molecular complexity index is 1110. The molecule has 2 N–H and O–H groups in total. The summed E-state index contributed by atoms with van der Waals surface area (Å²) in [4.78, 5) is 32.4. The van der Waals surface area contributed by atoms with E-state index < -0.39 is 12.1 Å². The van der Waals surface area contributed by atoms with Crippen molar-refractivity contribution in [3.05, 3.63) is 65.4 Å². The number of hydrogen-bond acceptors (Lipinski definition) is 3. The topological polar surface area (TPSA) is 76.6 Å². The molecule has 2 atom stereocenters. The van der Waals surface area contributed by atoms with Gasteiger partial charge in [-0.1, -0.05) is 30.3 Å². The Morgan fingerprint density at radius 3 is 2.75 bits per heavy atom. The maximum Gasteiger partial charge on any atom is 0.328 e. The van der Waals surface area contributed by atoms with E-state index in [9.17, 15) is 14.7 Å². The molecule has 0 unspecified atom stereocenters. The van der Waals surface area contributed by atoms with E-state index in [-0.39, 0.29) is 30.1 Å². The van der Waals surface area contributed by atoms with Crippen LogP contribution >= 0.6 is 11.6 Å². The van der Waals surface area contributed by atoms with Crippen molar-refractivity contribution in [3.8, 4) is 5.75 Å². The zero-order valence-corrected chi connectivity index (χ0v) is 15.7. The summed E-state index contributed by atoms with van der Waals surface area (Å²) >= 11 is 5.83. The Kier molecular flexibility index (Phi) is 3.84. The molecule has 142 valence electrons. The van der Waals surface area contributed by atoms with Crippen molar-refractivity contribution in [1.82, 2.24) is 14.8 Å². The van der Waals surface area contributed by atoms with Gasteiger partial charge in [-0.05, 0) is 29.3 Å². The molecule has 0 spiro atoms. The van der Waals surface area contributed by atoms with Crippen molar-refractivity contribution < 1.29 is 14.7 Å². The first kappa shape index (κ1) is 17.1. The number of para-hydroxylation sites is 1. The first-order chi connectivity index (χ1) is 13.6. The molecule has 5 rings (SSSR count). The first-order valence-electron chi connectivity index (χ1n) is 9.18. The molecule has 3 amide bonds. The fourth-order valence-corrected chi connectivity index (χ4v) is 4.63. The minimum atomic E-state index is -0.574. The van der Waals surface area contributed by atoms with E-state index in [2.05, 4.69) is 4.98 Å². The molecular weight excluding hydrogens is 378 g/mol. The molecule has 2 aromatic carbocycles. The van der Waals surface area contributed by atoms with Crippen molar-refractivity contribution in [1.29, 1.82) is 0 Å². The number of phenols is 1. The molecule has 1 aromatic heterocycles. The van der Waals surface area contributed by atoms with Crippen LogP contribution < -0.4 is 0 Å². The lowest BCUT2D eigenvalue weighted by atomic mass is 9.89. The fourth-order valence-electron chi connectivity index (χ4n) is 4.46. The zero-order valence-electron chi connectivity index (χ0n) is 14.9. The van der Waals surface area contributed by atoms with Crippen LogP contribution in [0.3, 0.4) is 0 Å². The molecular formula is C21H18ClN3O3. The predicted molar refractivity (Wildman–Crippen MR) is 105 cm³/mol. The second-order valence-electron chi connectivity index (χ2n) is 7.15. The second kappa shape index (κ2) is 6.27. The van der Waals surface area contributed by atoms with Gasteiger partial charge in [-0.3, -0.25) is 14.6 Å². The molecule has 2 aliphatic heterocycles. The summed E-state index contributed by atoms with van der Waals surface area (Å²) < 4.78 is 0. The molecule has 0 bridgehead atoms. The normalized spacial score (nSPS) is 21.3. The van der Waals surface area contributed by atoms with Gasteiger partial charge in [0, 0.05) is 35.4 Å². The monoisotopic (exact) mass is 395 g/mol. The molecule has 0 radical (unpaired) electrons. The number of carbonyl (C=O) groups excluding carboxylic acids is 2. The van der Waals surface area contributed by atoms with Crippen LogP contribution in [0.15, 0.2) is 48.5 Å². The molecule has 0 saturated carbocycles. The Balaban J connectivity index is 1.73. The smallest absolute Gasteiger partial charge is 0.328 e. The Morgan fingerprint density at radius 2 is 1.96 bits per heavy atom. The van der Waals surface area contributed by atoms with E-state index >= 15 is 0 Å². The van der Waals surface area contributed by atoms with Gasteiger partial charge in [0.1, 0.15) is 17.8 Å². The summed E-state index contributed by atoms with van der Waals surface area (Å²) in [6.45, 7) is 0.188. The standard InChI is InChI=1S/C21H18ClN3O3/c22-8-9-24-20(27)17-11-15-14-6-1-2-7-16(14)23-18(15)19(25(17)21(24)28)12-4-3-5-13(26)10-12/h1-7,10,17,19,23,26H,8-9,11H2/t17-,19-/m1/s1. The fraction of sp³-hybridized carbons (Fsp3) is 0.238. The minimum absolute atomic E-state index is 0.118. The number of halogens is 1. The molecule has 1 saturated heterocycles. The summed E-state index contributed by atoms with van der Waals surface area (Å²) in [5, 5.41) is 11.1. The third-order valence-corrected chi connectivity index (χ3v) is 5.80. The van der Waals surface area contributed by atoms with Crippen LogP contribution in [0.5, 0.6) is 5.75 Å². The number of benzene rings is 2. The average molecular weight is 396 g/mol. The summed E-state index contributed by atoms with van der Waals surface area (Å²) in [5.74, 6) is 0.0999. The lowest BCUT2D eigenvalue weighted by Crippen LogP contribution is -2.44. The molecule has 7 heteroatoms.